The molecule has 0 aliphatic heterocycles. The first-order chi connectivity index (χ1) is 34.2. The van der Waals surface area contributed by atoms with Gasteiger partial charge in [-0.25, -0.2) is 15.0 Å². The van der Waals surface area contributed by atoms with Crippen LogP contribution >= 0.6 is 0 Å². The lowest BCUT2D eigenvalue weighted by Gasteiger charge is -2.12. The van der Waals surface area contributed by atoms with E-state index in [2.05, 4.69) is 185 Å². The summed E-state index contributed by atoms with van der Waals surface area (Å²) in [5, 5.41) is 6.50. The van der Waals surface area contributed by atoms with Crippen LogP contribution in [0.4, 0.5) is 0 Å². The third-order valence-electron chi connectivity index (χ3n) is 13.3. The third kappa shape index (κ3) is 6.42. The maximum atomic E-state index is 6.17. The van der Waals surface area contributed by atoms with E-state index in [1.54, 1.807) is 0 Å². The van der Waals surface area contributed by atoms with Crippen molar-refractivity contribution < 1.29 is 4.42 Å². The second-order valence-corrected chi connectivity index (χ2v) is 17.3. The van der Waals surface area contributed by atoms with Crippen molar-refractivity contribution in [3.8, 4) is 68.2 Å². The van der Waals surface area contributed by atoms with Gasteiger partial charge in [-0.15, -0.1) is 0 Å². The van der Waals surface area contributed by atoms with E-state index >= 15 is 0 Å². The van der Waals surface area contributed by atoms with Gasteiger partial charge >= 0.3 is 0 Å². The Balaban J connectivity index is 0.973. The SMILES string of the molecule is c1ccc(-c2ccc(-c3nc(-c4ccc(-c5ccccc5)cc4)nc(-n4c5ccccc5c5cc6c7ccccc7n(-c7nccc(-c8ccc9oc%10ccccc%10c9c8)n7)c6cc54)n3)cc2)cc1. The highest BCUT2D eigenvalue weighted by atomic mass is 16.3. The lowest BCUT2D eigenvalue weighted by atomic mass is 10.0. The van der Waals surface area contributed by atoms with E-state index in [1.807, 2.05) is 48.7 Å². The van der Waals surface area contributed by atoms with Crippen LogP contribution in [0.3, 0.4) is 0 Å². The number of furan rings is 1. The molecule has 69 heavy (non-hydrogen) atoms. The van der Waals surface area contributed by atoms with Gasteiger partial charge in [-0.3, -0.25) is 9.13 Å². The Kier molecular flexibility index (Phi) is 8.72. The van der Waals surface area contributed by atoms with Gasteiger partial charge in [0.25, 0.3) is 0 Å². The first-order valence-electron chi connectivity index (χ1n) is 23.0. The standard InChI is InChI=1S/C61H37N7O/c1-3-13-38(14-4-1)40-23-27-42(28-24-40)58-64-59(43-29-25-41(26-30-43)39-15-5-2-6-16-39)66-61(65-58)68-53-21-11-8-18-46(53)49-36-48-45-17-7-10-20-52(45)67(54(48)37-55(49)68)60-62-34-33-51(63-60)44-31-32-57-50(35-44)47-19-9-12-22-56(47)69-57/h1-37H. The molecule has 5 heterocycles. The molecule has 14 aromatic rings. The minimum atomic E-state index is 0.517. The number of benzene rings is 9. The molecule has 0 saturated heterocycles. The molecule has 8 nitrogen and oxygen atoms in total. The largest absolute Gasteiger partial charge is 0.456 e. The van der Waals surface area contributed by atoms with E-state index < -0.39 is 0 Å². The molecular formula is C61H37N7O. The van der Waals surface area contributed by atoms with E-state index in [-0.39, 0.29) is 0 Å². The Morgan fingerprint density at radius 2 is 0.768 bits per heavy atom. The number of nitrogens with zero attached hydrogens (tertiary/aromatic N) is 7. The van der Waals surface area contributed by atoms with Crippen LogP contribution in [0.1, 0.15) is 0 Å². The molecule has 0 radical (unpaired) electrons. The molecule has 0 spiro atoms. The van der Waals surface area contributed by atoms with Crippen LogP contribution in [0, 0.1) is 0 Å². The minimum Gasteiger partial charge on any atom is -0.456 e. The average Bonchev–Trinajstić information content (AvgIpc) is 4.08. The predicted molar refractivity (Wildman–Crippen MR) is 279 cm³/mol. The van der Waals surface area contributed by atoms with Gasteiger partial charge in [0.15, 0.2) is 11.6 Å². The van der Waals surface area contributed by atoms with Crippen LogP contribution in [-0.2, 0) is 0 Å². The van der Waals surface area contributed by atoms with Crippen molar-refractivity contribution in [1.29, 1.82) is 0 Å². The molecule has 8 heteroatoms. The van der Waals surface area contributed by atoms with E-state index in [9.17, 15) is 0 Å². The van der Waals surface area contributed by atoms with Crippen molar-refractivity contribution in [2.24, 2.45) is 0 Å². The Morgan fingerprint density at radius 3 is 1.38 bits per heavy atom. The third-order valence-corrected chi connectivity index (χ3v) is 13.3. The van der Waals surface area contributed by atoms with Crippen LogP contribution in [-0.4, -0.2) is 34.1 Å². The Morgan fingerprint density at radius 1 is 0.290 bits per heavy atom. The van der Waals surface area contributed by atoms with Crippen molar-refractivity contribution in [3.05, 3.63) is 225 Å². The fourth-order valence-electron chi connectivity index (χ4n) is 9.97. The molecule has 0 fully saturated rings. The Labute approximate surface area is 395 Å². The molecule has 0 aliphatic rings. The summed E-state index contributed by atoms with van der Waals surface area (Å²) in [6.07, 6.45) is 1.85. The van der Waals surface area contributed by atoms with E-state index in [0.717, 1.165) is 110 Å². The van der Waals surface area contributed by atoms with Gasteiger partial charge in [0.1, 0.15) is 11.2 Å². The molecule has 322 valence electrons. The molecule has 0 atom stereocenters. The van der Waals surface area contributed by atoms with Crippen molar-refractivity contribution >= 4 is 65.6 Å². The molecule has 0 saturated carbocycles. The van der Waals surface area contributed by atoms with Crippen LogP contribution in [0.15, 0.2) is 229 Å². The highest BCUT2D eigenvalue weighted by molar-refractivity contribution is 6.19. The number of hydrogen-bond acceptors (Lipinski definition) is 6. The van der Waals surface area contributed by atoms with Crippen LogP contribution in [0.5, 0.6) is 0 Å². The predicted octanol–water partition coefficient (Wildman–Crippen LogP) is 15.1. The number of para-hydroxylation sites is 3. The quantitative estimate of drug-likeness (QED) is 0.158. The van der Waals surface area contributed by atoms with Gasteiger partial charge in [0.2, 0.25) is 11.9 Å². The summed E-state index contributed by atoms with van der Waals surface area (Å²) in [5.41, 5.74) is 13.7. The maximum Gasteiger partial charge on any atom is 0.238 e. The van der Waals surface area contributed by atoms with Gasteiger partial charge in [0, 0.05) is 55.2 Å². The molecule has 0 N–H and O–H groups in total. The summed E-state index contributed by atoms with van der Waals surface area (Å²) in [5.74, 6) is 2.24. The van der Waals surface area contributed by atoms with Gasteiger partial charge in [0.05, 0.1) is 27.8 Å². The summed E-state index contributed by atoms with van der Waals surface area (Å²) in [7, 11) is 0. The van der Waals surface area contributed by atoms with Crippen LogP contribution in [0.2, 0.25) is 0 Å². The van der Waals surface area contributed by atoms with Crippen molar-refractivity contribution in [3.63, 3.8) is 0 Å². The van der Waals surface area contributed by atoms with Gasteiger partial charge < -0.3 is 4.42 Å². The zero-order valence-corrected chi connectivity index (χ0v) is 36.9. The minimum absolute atomic E-state index is 0.517. The summed E-state index contributed by atoms with van der Waals surface area (Å²) in [6.45, 7) is 0. The van der Waals surface area contributed by atoms with Gasteiger partial charge in [-0.05, 0) is 76.9 Å². The number of fused-ring (bicyclic) bond motifs is 9. The monoisotopic (exact) mass is 883 g/mol. The molecule has 0 bridgehead atoms. The van der Waals surface area contributed by atoms with E-state index in [0.29, 0.717) is 23.5 Å². The zero-order valence-electron chi connectivity index (χ0n) is 36.9. The molecular weight excluding hydrogens is 847 g/mol. The van der Waals surface area contributed by atoms with Crippen LogP contribution < -0.4 is 0 Å². The zero-order chi connectivity index (χ0) is 45.4. The molecule has 5 aromatic heterocycles. The summed E-state index contributed by atoms with van der Waals surface area (Å²) in [6, 6.07) is 75.6. The average molecular weight is 884 g/mol. The highest BCUT2D eigenvalue weighted by Gasteiger charge is 2.22. The van der Waals surface area contributed by atoms with Crippen LogP contribution in [0.25, 0.3) is 134 Å². The van der Waals surface area contributed by atoms with Gasteiger partial charge in [-0.1, -0.05) is 164 Å². The fraction of sp³-hybridized carbons (Fsp3) is 0. The topological polar surface area (TPSA) is 87.5 Å². The second-order valence-electron chi connectivity index (χ2n) is 17.3. The Bertz CT molecular complexity index is 4190. The van der Waals surface area contributed by atoms with Crippen molar-refractivity contribution in [1.82, 2.24) is 34.1 Å². The first kappa shape index (κ1) is 38.7. The second kappa shape index (κ2) is 15.5. The lowest BCUT2D eigenvalue weighted by Crippen LogP contribution is -2.06. The molecule has 0 amide bonds. The fourth-order valence-corrected chi connectivity index (χ4v) is 9.97. The Hall–Kier alpha value is -9.53. The summed E-state index contributed by atoms with van der Waals surface area (Å²) < 4.78 is 10.5. The summed E-state index contributed by atoms with van der Waals surface area (Å²) >= 11 is 0. The van der Waals surface area contributed by atoms with Crippen molar-refractivity contribution in [2.75, 3.05) is 0 Å². The van der Waals surface area contributed by atoms with Crippen molar-refractivity contribution in [2.45, 2.75) is 0 Å². The summed E-state index contributed by atoms with van der Waals surface area (Å²) in [4.78, 5) is 26.1. The lowest BCUT2D eigenvalue weighted by molar-refractivity contribution is 0.669. The number of hydrogen-bond donors (Lipinski definition) is 0. The van der Waals surface area contributed by atoms with Gasteiger partial charge in [-0.2, -0.15) is 9.97 Å². The van der Waals surface area contributed by atoms with E-state index in [4.69, 9.17) is 29.3 Å². The first-order valence-corrected chi connectivity index (χ1v) is 23.0. The number of rotatable bonds is 7. The maximum absolute atomic E-state index is 6.17. The smallest absolute Gasteiger partial charge is 0.238 e. The molecule has 0 aliphatic carbocycles. The molecule has 0 unspecified atom stereocenters. The molecule has 9 aromatic carbocycles. The van der Waals surface area contributed by atoms with E-state index in [1.165, 1.54) is 0 Å². The number of aromatic nitrogens is 7. The molecule has 14 rings (SSSR count). The normalized spacial score (nSPS) is 11.8. The highest BCUT2D eigenvalue weighted by Crippen LogP contribution is 2.40.